The van der Waals surface area contributed by atoms with Crippen LogP contribution in [0.15, 0.2) is 10.3 Å². The van der Waals surface area contributed by atoms with Crippen LogP contribution in [0.2, 0.25) is 4.34 Å². The Hall–Kier alpha value is -0.780. The van der Waals surface area contributed by atoms with Crippen molar-refractivity contribution >= 4 is 38.6 Å². The van der Waals surface area contributed by atoms with E-state index in [1.807, 2.05) is 0 Å². The summed E-state index contributed by atoms with van der Waals surface area (Å²) in [6.07, 6.45) is -0.819. The highest BCUT2D eigenvalue weighted by Crippen LogP contribution is 2.37. The van der Waals surface area contributed by atoms with Crippen LogP contribution in [0.3, 0.4) is 0 Å². The quantitative estimate of drug-likeness (QED) is 0.600. The van der Waals surface area contributed by atoms with Crippen LogP contribution in [0, 0.1) is 10.1 Å². The Labute approximate surface area is 124 Å². The van der Waals surface area contributed by atoms with Gasteiger partial charge in [0.1, 0.15) is 4.21 Å². The normalized spacial score (nSPS) is 23.4. The average molecular weight is 342 g/mol. The molecule has 0 spiro atoms. The fourth-order valence-electron chi connectivity index (χ4n) is 1.93. The number of sulfonamides is 1. The van der Waals surface area contributed by atoms with Gasteiger partial charge >= 0.3 is 0 Å². The smallest absolute Gasteiger partial charge is 0.300 e. The SMILES string of the molecule is CN([C@@H]1CNC[C@H]1O)S(=O)(=O)c1cc([N+](=O)[O-])c(Cl)s1. The zero-order valence-corrected chi connectivity index (χ0v) is 12.7. The molecular weight excluding hydrogens is 330 g/mol. The van der Waals surface area contributed by atoms with Gasteiger partial charge < -0.3 is 10.4 Å². The molecule has 0 aliphatic carbocycles. The van der Waals surface area contributed by atoms with Crippen molar-refractivity contribution in [2.24, 2.45) is 0 Å². The Bertz CT molecular complexity index is 632. The molecule has 1 aromatic rings. The minimum Gasteiger partial charge on any atom is -0.390 e. The molecule has 1 fully saturated rings. The molecule has 0 radical (unpaired) electrons. The number of nitrogens with zero attached hydrogens (tertiary/aromatic N) is 2. The summed E-state index contributed by atoms with van der Waals surface area (Å²) in [5.74, 6) is 0. The minimum absolute atomic E-state index is 0.188. The summed E-state index contributed by atoms with van der Waals surface area (Å²) in [7, 11) is -2.60. The number of rotatable bonds is 4. The minimum atomic E-state index is -3.93. The number of nitrogens with one attached hydrogen (secondary N) is 1. The number of thiophene rings is 1. The van der Waals surface area contributed by atoms with Crippen molar-refractivity contribution < 1.29 is 18.4 Å². The molecule has 20 heavy (non-hydrogen) atoms. The summed E-state index contributed by atoms with van der Waals surface area (Å²) in [6, 6.07) is 0.327. The second kappa shape index (κ2) is 5.54. The van der Waals surface area contributed by atoms with Crippen LogP contribution in [0.25, 0.3) is 0 Å². The van der Waals surface area contributed by atoms with E-state index in [4.69, 9.17) is 11.6 Å². The highest BCUT2D eigenvalue weighted by Gasteiger charge is 2.37. The molecule has 0 amide bonds. The molecule has 2 rings (SSSR count). The van der Waals surface area contributed by atoms with Crippen LogP contribution in [-0.2, 0) is 10.0 Å². The van der Waals surface area contributed by atoms with Gasteiger partial charge in [-0.3, -0.25) is 10.1 Å². The van der Waals surface area contributed by atoms with Gasteiger partial charge in [-0.1, -0.05) is 11.6 Å². The Morgan fingerprint density at radius 2 is 2.25 bits per heavy atom. The first-order valence-corrected chi connectivity index (χ1v) is 8.19. The van der Waals surface area contributed by atoms with Gasteiger partial charge in [-0.2, -0.15) is 4.31 Å². The molecule has 2 N–H and O–H groups in total. The van der Waals surface area contributed by atoms with E-state index in [1.165, 1.54) is 7.05 Å². The maximum Gasteiger partial charge on any atom is 0.300 e. The van der Waals surface area contributed by atoms with Gasteiger partial charge in [-0.25, -0.2) is 8.42 Å². The summed E-state index contributed by atoms with van der Waals surface area (Å²) >= 11 is 6.30. The molecule has 1 aromatic heterocycles. The van der Waals surface area contributed by atoms with Crippen molar-refractivity contribution in [2.75, 3.05) is 20.1 Å². The van der Waals surface area contributed by atoms with Crippen molar-refractivity contribution in [3.05, 3.63) is 20.5 Å². The molecule has 112 valence electrons. The number of aliphatic hydroxyl groups is 1. The lowest BCUT2D eigenvalue weighted by Gasteiger charge is -2.24. The predicted octanol–water partition coefficient (Wildman–Crippen LogP) is 0.263. The topological polar surface area (TPSA) is 113 Å². The number of hydrogen-bond acceptors (Lipinski definition) is 7. The molecule has 2 atom stereocenters. The molecule has 11 heteroatoms. The van der Waals surface area contributed by atoms with E-state index in [1.54, 1.807) is 0 Å². The van der Waals surface area contributed by atoms with E-state index in [-0.39, 0.29) is 8.55 Å². The molecule has 0 unspecified atom stereocenters. The average Bonchev–Trinajstić information content (AvgIpc) is 2.94. The summed E-state index contributed by atoms with van der Waals surface area (Å²) < 4.78 is 25.4. The van der Waals surface area contributed by atoms with E-state index < -0.39 is 32.8 Å². The molecule has 0 saturated carbocycles. The molecule has 8 nitrogen and oxygen atoms in total. The highest BCUT2D eigenvalue weighted by molar-refractivity contribution is 7.91. The summed E-state index contributed by atoms with van der Waals surface area (Å²) in [6.45, 7) is 0.619. The van der Waals surface area contributed by atoms with Gasteiger partial charge in [0.2, 0.25) is 0 Å². The van der Waals surface area contributed by atoms with Crippen LogP contribution in [0.5, 0.6) is 0 Å². The molecule has 1 aliphatic heterocycles. The van der Waals surface area contributed by atoms with E-state index >= 15 is 0 Å². The van der Waals surface area contributed by atoms with Gasteiger partial charge in [0, 0.05) is 26.2 Å². The van der Waals surface area contributed by atoms with Gasteiger partial charge in [-0.05, 0) is 0 Å². The van der Waals surface area contributed by atoms with Crippen molar-refractivity contribution in [3.8, 4) is 0 Å². The number of β-amino-alcohol motifs (C(OH)–C–C–N with tert-alkyl or cyclic N) is 1. The first-order chi connectivity index (χ1) is 9.25. The second-order valence-electron chi connectivity index (χ2n) is 4.30. The Morgan fingerprint density at radius 3 is 2.70 bits per heavy atom. The van der Waals surface area contributed by atoms with Crippen LogP contribution >= 0.6 is 22.9 Å². The number of aliphatic hydroxyl groups excluding tert-OH is 1. The van der Waals surface area contributed by atoms with Gasteiger partial charge in [-0.15, -0.1) is 11.3 Å². The maximum absolute atomic E-state index is 12.4. The Morgan fingerprint density at radius 1 is 1.60 bits per heavy atom. The zero-order chi connectivity index (χ0) is 15.1. The number of nitro groups is 1. The van der Waals surface area contributed by atoms with Crippen molar-refractivity contribution in [2.45, 2.75) is 16.4 Å². The van der Waals surface area contributed by atoms with Crippen LogP contribution in [0.4, 0.5) is 5.69 Å². The van der Waals surface area contributed by atoms with Crippen LogP contribution in [-0.4, -0.2) is 55.0 Å². The lowest BCUT2D eigenvalue weighted by Crippen LogP contribution is -2.43. The summed E-state index contributed by atoms with van der Waals surface area (Å²) in [5, 5.41) is 23.3. The largest absolute Gasteiger partial charge is 0.390 e. The molecular formula is C9H12ClN3O5S2. The Balaban J connectivity index is 2.35. The first-order valence-electron chi connectivity index (χ1n) is 5.55. The second-order valence-corrected chi connectivity index (χ2v) is 8.17. The fourth-order valence-corrected chi connectivity index (χ4v) is 5.17. The van der Waals surface area contributed by atoms with E-state index in [0.29, 0.717) is 24.4 Å². The number of halogens is 1. The molecule has 0 aromatic carbocycles. The molecule has 0 bridgehead atoms. The van der Waals surface area contributed by atoms with E-state index in [2.05, 4.69) is 5.32 Å². The van der Waals surface area contributed by atoms with Crippen molar-refractivity contribution in [1.82, 2.24) is 9.62 Å². The number of hydrogen-bond donors (Lipinski definition) is 2. The fraction of sp³-hybridized carbons (Fsp3) is 0.556. The van der Waals surface area contributed by atoms with Gasteiger partial charge in [0.05, 0.1) is 17.1 Å². The molecule has 1 aliphatic rings. The maximum atomic E-state index is 12.4. The van der Waals surface area contributed by atoms with Crippen molar-refractivity contribution in [3.63, 3.8) is 0 Å². The monoisotopic (exact) mass is 341 g/mol. The van der Waals surface area contributed by atoms with Gasteiger partial charge in [0.15, 0.2) is 4.34 Å². The lowest BCUT2D eigenvalue weighted by atomic mass is 10.2. The summed E-state index contributed by atoms with van der Waals surface area (Å²) in [5.41, 5.74) is -0.436. The van der Waals surface area contributed by atoms with Gasteiger partial charge in [0.25, 0.3) is 15.7 Å². The van der Waals surface area contributed by atoms with Crippen molar-refractivity contribution in [1.29, 1.82) is 0 Å². The zero-order valence-electron chi connectivity index (χ0n) is 10.3. The summed E-state index contributed by atoms with van der Waals surface area (Å²) in [4.78, 5) is 9.98. The first kappa shape index (κ1) is 15.6. The third-order valence-corrected chi connectivity index (χ3v) is 6.76. The third kappa shape index (κ3) is 2.67. The standard InChI is InChI=1S/C9H12ClN3O5S2/c1-12(6-3-11-4-7(6)14)20(17,18)8-2-5(13(15)16)9(10)19-8/h2,6-7,11,14H,3-4H2,1H3/t6-,7-/m1/s1. The highest BCUT2D eigenvalue weighted by atomic mass is 35.5. The third-order valence-electron chi connectivity index (χ3n) is 3.09. The van der Waals surface area contributed by atoms with E-state index in [0.717, 1.165) is 10.4 Å². The van der Waals surface area contributed by atoms with E-state index in [9.17, 15) is 23.6 Å². The lowest BCUT2D eigenvalue weighted by molar-refractivity contribution is -0.384. The molecule has 1 saturated heterocycles. The predicted molar refractivity (Wildman–Crippen MR) is 73.6 cm³/mol. The van der Waals surface area contributed by atoms with Crippen LogP contribution < -0.4 is 5.32 Å². The molecule has 2 heterocycles. The Kier molecular flexibility index (Phi) is 4.33. The number of likely N-dealkylation sites (N-methyl/N-ethyl adjacent to an activating group) is 1. The van der Waals surface area contributed by atoms with Crippen LogP contribution in [0.1, 0.15) is 0 Å².